The molecule has 1 fully saturated rings. The highest BCUT2D eigenvalue weighted by Crippen LogP contribution is 2.31. The van der Waals surface area contributed by atoms with Crippen LogP contribution < -0.4 is 4.74 Å². The molecular formula is C15H17BrN6O. The number of halogens is 1. The van der Waals surface area contributed by atoms with Crippen molar-refractivity contribution in [2.24, 2.45) is 7.05 Å². The Morgan fingerprint density at radius 3 is 2.87 bits per heavy atom. The third-order valence-corrected chi connectivity index (χ3v) is 4.60. The summed E-state index contributed by atoms with van der Waals surface area (Å²) in [4.78, 5) is 6.62. The largest absolute Gasteiger partial charge is 0.471 e. The molecule has 120 valence electrons. The van der Waals surface area contributed by atoms with Crippen molar-refractivity contribution in [1.29, 1.82) is 0 Å². The van der Waals surface area contributed by atoms with Crippen LogP contribution in [0.5, 0.6) is 5.88 Å². The molecule has 0 amide bonds. The number of likely N-dealkylation sites (N-methyl/N-ethyl adjacent to an activating group) is 1. The van der Waals surface area contributed by atoms with Crippen LogP contribution in [0.1, 0.15) is 6.42 Å². The summed E-state index contributed by atoms with van der Waals surface area (Å²) in [5.41, 5.74) is 2.66. The lowest BCUT2D eigenvalue weighted by atomic mass is 10.1. The number of rotatable bonds is 3. The normalized spacial score (nSPS) is 18.8. The summed E-state index contributed by atoms with van der Waals surface area (Å²) in [6.45, 7) is 1.96. The van der Waals surface area contributed by atoms with E-state index in [1.54, 1.807) is 15.4 Å². The van der Waals surface area contributed by atoms with Crippen molar-refractivity contribution < 1.29 is 4.74 Å². The minimum atomic E-state index is 0.155. The average molecular weight is 377 g/mol. The van der Waals surface area contributed by atoms with E-state index in [1.165, 1.54) is 0 Å². The van der Waals surface area contributed by atoms with Crippen molar-refractivity contribution in [3.05, 3.63) is 29.3 Å². The number of ether oxygens (including phenoxy) is 1. The molecule has 0 radical (unpaired) electrons. The first-order valence-electron chi connectivity index (χ1n) is 7.48. The fourth-order valence-electron chi connectivity index (χ4n) is 2.87. The van der Waals surface area contributed by atoms with Gasteiger partial charge < -0.3 is 9.64 Å². The molecule has 0 spiro atoms. The zero-order chi connectivity index (χ0) is 16.0. The summed E-state index contributed by atoms with van der Waals surface area (Å²) in [7, 11) is 4.00. The number of fused-ring (bicyclic) bond motifs is 1. The number of hydrogen-bond donors (Lipinski definition) is 0. The molecule has 4 heterocycles. The molecule has 4 rings (SSSR count). The van der Waals surface area contributed by atoms with E-state index in [4.69, 9.17) is 4.74 Å². The van der Waals surface area contributed by atoms with Crippen LogP contribution in [0.2, 0.25) is 0 Å². The predicted molar refractivity (Wildman–Crippen MR) is 89.4 cm³/mol. The predicted octanol–water partition coefficient (Wildman–Crippen LogP) is 1.98. The van der Waals surface area contributed by atoms with Crippen LogP contribution in [0.4, 0.5) is 0 Å². The Hall–Kier alpha value is -1.93. The minimum Gasteiger partial charge on any atom is -0.471 e. The van der Waals surface area contributed by atoms with Gasteiger partial charge in [0.15, 0.2) is 5.65 Å². The number of aromatic nitrogens is 5. The van der Waals surface area contributed by atoms with Crippen molar-refractivity contribution in [1.82, 2.24) is 29.3 Å². The zero-order valence-corrected chi connectivity index (χ0v) is 14.6. The molecule has 0 N–H and O–H groups in total. The van der Waals surface area contributed by atoms with Crippen molar-refractivity contribution in [2.75, 3.05) is 20.1 Å². The van der Waals surface area contributed by atoms with Crippen LogP contribution >= 0.6 is 15.9 Å². The quantitative estimate of drug-likeness (QED) is 0.699. The van der Waals surface area contributed by atoms with E-state index in [9.17, 15) is 0 Å². The van der Waals surface area contributed by atoms with E-state index >= 15 is 0 Å². The van der Waals surface area contributed by atoms with Gasteiger partial charge in [-0.05, 0) is 35.5 Å². The van der Waals surface area contributed by atoms with Gasteiger partial charge in [-0.15, -0.1) is 5.10 Å². The molecule has 0 aliphatic carbocycles. The molecule has 0 unspecified atom stereocenters. The second kappa shape index (κ2) is 5.61. The highest BCUT2D eigenvalue weighted by Gasteiger charge is 2.24. The molecule has 1 aliphatic heterocycles. The summed E-state index contributed by atoms with van der Waals surface area (Å²) >= 11 is 3.47. The Morgan fingerprint density at radius 1 is 1.30 bits per heavy atom. The van der Waals surface area contributed by atoms with Gasteiger partial charge in [-0.3, -0.25) is 4.68 Å². The third-order valence-electron chi connectivity index (χ3n) is 4.06. The van der Waals surface area contributed by atoms with Gasteiger partial charge in [0.05, 0.1) is 18.0 Å². The fraction of sp³-hybridized carbons (Fsp3) is 0.400. The number of aryl methyl sites for hydroxylation is 1. The summed E-state index contributed by atoms with van der Waals surface area (Å²) in [5.74, 6) is 0.615. The van der Waals surface area contributed by atoms with Gasteiger partial charge in [-0.1, -0.05) is 0 Å². The molecule has 3 aromatic heterocycles. The second-order valence-corrected chi connectivity index (χ2v) is 6.72. The molecule has 0 aromatic carbocycles. The molecule has 0 bridgehead atoms. The lowest BCUT2D eigenvalue weighted by molar-refractivity contribution is 0.198. The minimum absolute atomic E-state index is 0.155. The van der Waals surface area contributed by atoms with Crippen LogP contribution in [0.25, 0.3) is 16.8 Å². The van der Waals surface area contributed by atoms with Crippen molar-refractivity contribution >= 4 is 21.6 Å². The molecule has 1 aliphatic rings. The number of likely N-dealkylation sites (tertiary alicyclic amines) is 1. The maximum Gasteiger partial charge on any atom is 0.240 e. The smallest absolute Gasteiger partial charge is 0.240 e. The van der Waals surface area contributed by atoms with E-state index in [0.29, 0.717) is 5.88 Å². The van der Waals surface area contributed by atoms with E-state index in [-0.39, 0.29) is 6.10 Å². The molecule has 1 atom stereocenters. The lowest BCUT2D eigenvalue weighted by Gasteiger charge is -2.15. The number of nitrogens with zero attached hydrogens (tertiary/aromatic N) is 6. The van der Waals surface area contributed by atoms with Crippen LogP contribution in [0.15, 0.2) is 29.3 Å². The molecule has 1 saturated heterocycles. The number of hydrogen-bond acceptors (Lipinski definition) is 5. The molecule has 7 nitrogen and oxygen atoms in total. The topological polar surface area (TPSA) is 60.5 Å². The Morgan fingerprint density at radius 2 is 2.17 bits per heavy atom. The maximum absolute atomic E-state index is 6.21. The molecule has 0 saturated carbocycles. The van der Waals surface area contributed by atoms with Gasteiger partial charge in [-0.25, -0.2) is 9.50 Å². The average Bonchev–Trinajstić information content (AvgIpc) is 3.21. The molecule has 23 heavy (non-hydrogen) atoms. The first kappa shape index (κ1) is 14.6. The zero-order valence-electron chi connectivity index (χ0n) is 13.0. The van der Waals surface area contributed by atoms with E-state index < -0.39 is 0 Å². The van der Waals surface area contributed by atoms with Crippen LogP contribution in [0, 0.1) is 0 Å². The van der Waals surface area contributed by atoms with Gasteiger partial charge >= 0.3 is 0 Å². The molecule has 8 heteroatoms. The summed E-state index contributed by atoms with van der Waals surface area (Å²) < 4.78 is 10.5. The Balaban J connectivity index is 1.80. The van der Waals surface area contributed by atoms with Gasteiger partial charge in [-0.2, -0.15) is 5.10 Å². The highest BCUT2D eigenvalue weighted by atomic mass is 79.9. The third kappa shape index (κ3) is 2.72. The van der Waals surface area contributed by atoms with E-state index in [1.807, 2.05) is 25.5 Å². The van der Waals surface area contributed by atoms with E-state index in [0.717, 1.165) is 40.9 Å². The highest BCUT2D eigenvalue weighted by molar-refractivity contribution is 9.10. The summed E-state index contributed by atoms with van der Waals surface area (Å²) in [6.07, 6.45) is 6.68. The number of imidazole rings is 1. The molecular weight excluding hydrogens is 360 g/mol. The first-order chi connectivity index (χ1) is 11.1. The fourth-order valence-corrected chi connectivity index (χ4v) is 3.24. The summed E-state index contributed by atoms with van der Waals surface area (Å²) in [6, 6.07) is 1.99. The van der Waals surface area contributed by atoms with Gasteiger partial charge in [0.25, 0.3) is 0 Å². The van der Waals surface area contributed by atoms with Crippen LogP contribution in [0.3, 0.4) is 0 Å². The lowest BCUT2D eigenvalue weighted by Crippen LogP contribution is -2.22. The van der Waals surface area contributed by atoms with Gasteiger partial charge in [0.2, 0.25) is 5.88 Å². The standard InChI is InChI=1S/C15H17BrN6O/c1-20-4-3-11(9-20)23-15-12(10-6-18-21(2)8-10)5-14-17-7-13(16)22(14)19-15/h5-8,11H,3-4,9H2,1-2H3/t11-/m0/s1. The second-order valence-electron chi connectivity index (χ2n) is 5.91. The van der Waals surface area contributed by atoms with Gasteiger partial charge in [0, 0.05) is 31.9 Å². The Bertz CT molecular complexity index is 857. The Kier molecular flexibility index (Phi) is 3.57. The SMILES string of the molecule is CN1CC[C@H](Oc2nn3c(Br)cnc3cc2-c2cnn(C)c2)C1. The monoisotopic (exact) mass is 376 g/mol. The van der Waals surface area contributed by atoms with Crippen molar-refractivity contribution in [2.45, 2.75) is 12.5 Å². The van der Waals surface area contributed by atoms with Crippen LogP contribution in [-0.2, 0) is 7.05 Å². The maximum atomic E-state index is 6.21. The van der Waals surface area contributed by atoms with Crippen molar-refractivity contribution in [3.63, 3.8) is 0 Å². The molecule has 3 aromatic rings. The summed E-state index contributed by atoms with van der Waals surface area (Å²) in [5, 5.41) is 8.89. The van der Waals surface area contributed by atoms with Gasteiger partial charge in [0.1, 0.15) is 10.7 Å². The van der Waals surface area contributed by atoms with Crippen molar-refractivity contribution in [3.8, 4) is 17.0 Å². The Labute approximate surface area is 142 Å². The first-order valence-corrected chi connectivity index (χ1v) is 8.28. The van der Waals surface area contributed by atoms with Crippen LogP contribution in [-0.4, -0.2) is 55.5 Å². The van der Waals surface area contributed by atoms with E-state index in [2.05, 4.69) is 43.1 Å².